The molecule has 0 atom stereocenters. The lowest BCUT2D eigenvalue weighted by Gasteiger charge is -1.91. The molecule has 0 spiro atoms. The summed E-state index contributed by atoms with van der Waals surface area (Å²) in [7, 11) is 0. The fraction of sp³-hybridized carbons (Fsp3) is 0.429. The summed E-state index contributed by atoms with van der Waals surface area (Å²) in [5, 5.41) is 2.11. The Morgan fingerprint density at radius 2 is 2.44 bits per heavy atom. The molecule has 0 aliphatic rings. The molecule has 50 valence electrons. The number of rotatable bonds is 2. The maximum absolute atomic E-state index is 5.57. The highest BCUT2D eigenvalue weighted by molar-refractivity contribution is 7.10. The Morgan fingerprint density at radius 1 is 1.67 bits per heavy atom. The van der Waals surface area contributed by atoms with Crippen LogP contribution in [0.1, 0.15) is 10.4 Å². The molecular weight excluding hydrogens is 152 g/mol. The van der Waals surface area contributed by atoms with Crippen LogP contribution in [0.4, 0.5) is 0 Å². The van der Waals surface area contributed by atoms with E-state index in [1.165, 1.54) is 10.4 Å². The molecule has 1 heterocycles. The average Bonchev–Trinajstić information content (AvgIpc) is 2.18. The second-order valence-electron chi connectivity index (χ2n) is 1.97. The molecule has 0 N–H and O–H groups in total. The van der Waals surface area contributed by atoms with Gasteiger partial charge in [0.1, 0.15) is 0 Å². The molecule has 0 radical (unpaired) electrons. The van der Waals surface area contributed by atoms with Crippen LogP contribution >= 0.6 is 22.9 Å². The van der Waals surface area contributed by atoms with Gasteiger partial charge in [-0.3, -0.25) is 0 Å². The van der Waals surface area contributed by atoms with E-state index in [9.17, 15) is 0 Å². The zero-order chi connectivity index (χ0) is 6.69. The Labute approximate surface area is 64.5 Å². The normalized spacial score (nSPS) is 10.0. The molecule has 0 nitrogen and oxygen atoms in total. The molecule has 2 heteroatoms. The van der Waals surface area contributed by atoms with Gasteiger partial charge in [0.05, 0.1) is 0 Å². The molecule has 0 fully saturated rings. The monoisotopic (exact) mass is 160 g/mol. The Bertz CT molecular complexity index is 181. The molecule has 1 aromatic rings. The van der Waals surface area contributed by atoms with E-state index in [4.69, 9.17) is 11.6 Å². The van der Waals surface area contributed by atoms with Crippen LogP contribution in [-0.4, -0.2) is 5.88 Å². The van der Waals surface area contributed by atoms with Gasteiger partial charge in [0, 0.05) is 10.8 Å². The predicted molar refractivity (Wildman–Crippen MR) is 43.5 cm³/mol. The zero-order valence-electron chi connectivity index (χ0n) is 5.36. The molecule has 0 aliphatic heterocycles. The number of hydrogen-bond donors (Lipinski definition) is 0. The van der Waals surface area contributed by atoms with Crippen molar-refractivity contribution in [2.24, 2.45) is 0 Å². The maximum atomic E-state index is 5.57. The molecule has 0 amide bonds. The standard InChI is InChI=1S/C7H9ClS/c1-6-3-5-9-7(6)2-4-8/h3,5H,2,4H2,1H3. The summed E-state index contributed by atoms with van der Waals surface area (Å²) in [4.78, 5) is 1.42. The van der Waals surface area contributed by atoms with Crippen LogP contribution in [-0.2, 0) is 6.42 Å². The van der Waals surface area contributed by atoms with Crippen LogP contribution in [0.2, 0.25) is 0 Å². The second kappa shape index (κ2) is 3.23. The largest absolute Gasteiger partial charge is 0.149 e. The molecule has 0 bridgehead atoms. The SMILES string of the molecule is Cc1ccsc1CCCl. The molecule has 1 aromatic heterocycles. The minimum Gasteiger partial charge on any atom is -0.149 e. The molecule has 0 aromatic carbocycles. The molecule has 1 rings (SSSR count). The van der Waals surface area contributed by atoms with Crippen LogP contribution in [0.15, 0.2) is 11.4 Å². The topological polar surface area (TPSA) is 0 Å². The number of hydrogen-bond acceptors (Lipinski definition) is 1. The summed E-state index contributed by atoms with van der Waals surface area (Å²) in [6.45, 7) is 2.12. The fourth-order valence-electron chi connectivity index (χ4n) is 0.746. The van der Waals surface area contributed by atoms with Crippen molar-refractivity contribution in [1.29, 1.82) is 0 Å². The summed E-state index contributed by atoms with van der Waals surface area (Å²) in [6.07, 6.45) is 1.02. The second-order valence-corrected chi connectivity index (χ2v) is 3.34. The van der Waals surface area contributed by atoms with Crippen LogP contribution in [0.3, 0.4) is 0 Å². The van der Waals surface area contributed by atoms with E-state index in [0.717, 1.165) is 12.3 Å². The van der Waals surface area contributed by atoms with Gasteiger partial charge in [-0.15, -0.1) is 22.9 Å². The molecular formula is C7H9ClS. The van der Waals surface area contributed by atoms with Gasteiger partial charge in [-0.2, -0.15) is 0 Å². The van der Waals surface area contributed by atoms with Crippen molar-refractivity contribution in [2.45, 2.75) is 13.3 Å². The number of thiophene rings is 1. The van der Waals surface area contributed by atoms with Crippen molar-refractivity contribution >= 4 is 22.9 Å². The van der Waals surface area contributed by atoms with Crippen LogP contribution in [0.5, 0.6) is 0 Å². The highest BCUT2D eigenvalue weighted by atomic mass is 35.5. The van der Waals surface area contributed by atoms with Crippen molar-refractivity contribution in [3.05, 3.63) is 21.9 Å². The van der Waals surface area contributed by atoms with E-state index in [1.54, 1.807) is 11.3 Å². The summed E-state index contributed by atoms with van der Waals surface area (Å²) >= 11 is 7.36. The van der Waals surface area contributed by atoms with Gasteiger partial charge in [-0.05, 0) is 30.4 Å². The molecule has 0 unspecified atom stereocenters. The minimum atomic E-state index is 0.737. The van der Waals surface area contributed by atoms with Crippen LogP contribution in [0.25, 0.3) is 0 Å². The van der Waals surface area contributed by atoms with Gasteiger partial charge in [-0.25, -0.2) is 0 Å². The first-order valence-corrected chi connectivity index (χ1v) is 4.35. The Balaban J connectivity index is 2.69. The Morgan fingerprint density at radius 3 is 2.89 bits per heavy atom. The van der Waals surface area contributed by atoms with E-state index in [-0.39, 0.29) is 0 Å². The lowest BCUT2D eigenvalue weighted by atomic mass is 10.2. The number of halogens is 1. The Hall–Kier alpha value is -0.0100. The maximum Gasteiger partial charge on any atom is 0.0271 e. The Kier molecular flexibility index (Phi) is 2.55. The van der Waals surface area contributed by atoms with Gasteiger partial charge < -0.3 is 0 Å². The molecule has 0 aliphatic carbocycles. The summed E-state index contributed by atoms with van der Waals surface area (Å²) in [5.41, 5.74) is 1.38. The molecule has 0 saturated carbocycles. The highest BCUT2D eigenvalue weighted by Gasteiger charge is 1.96. The van der Waals surface area contributed by atoms with Gasteiger partial charge in [-0.1, -0.05) is 0 Å². The van der Waals surface area contributed by atoms with E-state index < -0.39 is 0 Å². The van der Waals surface area contributed by atoms with E-state index in [0.29, 0.717) is 0 Å². The zero-order valence-corrected chi connectivity index (χ0v) is 6.93. The van der Waals surface area contributed by atoms with E-state index >= 15 is 0 Å². The van der Waals surface area contributed by atoms with Gasteiger partial charge in [0.15, 0.2) is 0 Å². The predicted octanol–water partition coefficient (Wildman–Crippen LogP) is 2.84. The average molecular weight is 161 g/mol. The first-order valence-electron chi connectivity index (χ1n) is 2.93. The lowest BCUT2D eigenvalue weighted by molar-refractivity contribution is 1.17. The first kappa shape index (κ1) is 7.10. The third-order valence-electron chi connectivity index (χ3n) is 1.29. The molecule has 9 heavy (non-hydrogen) atoms. The van der Waals surface area contributed by atoms with Crippen molar-refractivity contribution in [2.75, 3.05) is 5.88 Å². The van der Waals surface area contributed by atoms with Gasteiger partial charge in [0.25, 0.3) is 0 Å². The van der Waals surface area contributed by atoms with E-state index in [2.05, 4.69) is 18.4 Å². The number of alkyl halides is 1. The number of aryl methyl sites for hydroxylation is 2. The van der Waals surface area contributed by atoms with Crippen molar-refractivity contribution in [1.82, 2.24) is 0 Å². The fourth-order valence-corrected chi connectivity index (χ4v) is 1.96. The minimum absolute atomic E-state index is 0.737. The molecule has 0 saturated heterocycles. The third-order valence-corrected chi connectivity index (χ3v) is 2.56. The summed E-state index contributed by atoms with van der Waals surface area (Å²) < 4.78 is 0. The summed E-state index contributed by atoms with van der Waals surface area (Å²) in [6, 6.07) is 2.13. The van der Waals surface area contributed by atoms with Crippen LogP contribution in [0, 0.1) is 6.92 Å². The van der Waals surface area contributed by atoms with Crippen molar-refractivity contribution in [3.63, 3.8) is 0 Å². The van der Waals surface area contributed by atoms with Gasteiger partial charge in [0.2, 0.25) is 0 Å². The lowest BCUT2D eigenvalue weighted by Crippen LogP contribution is -1.81. The van der Waals surface area contributed by atoms with E-state index in [1.807, 2.05) is 0 Å². The van der Waals surface area contributed by atoms with Gasteiger partial charge >= 0.3 is 0 Å². The third kappa shape index (κ3) is 1.70. The highest BCUT2D eigenvalue weighted by Crippen LogP contribution is 2.15. The van der Waals surface area contributed by atoms with Crippen LogP contribution < -0.4 is 0 Å². The van der Waals surface area contributed by atoms with Crippen molar-refractivity contribution < 1.29 is 0 Å². The smallest absolute Gasteiger partial charge is 0.0271 e. The van der Waals surface area contributed by atoms with Crippen molar-refractivity contribution in [3.8, 4) is 0 Å². The quantitative estimate of drug-likeness (QED) is 0.584. The summed E-state index contributed by atoms with van der Waals surface area (Å²) in [5.74, 6) is 0.737. The first-order chi connectivity index (χ1) is 4.34.